The largest absolute Gasteiger partial charge is 0.459 e. The zero-order valence-electron chi connectivity index (χ0n) is 18.1. The molecule has 0 saturated carbocycles. The molecule has 156 valence electrons. The maximum atomic E-state index is 6.43. The summed E-state index contributed by atoms with van der Waals surface area (Å²) in [7, 11) is 0. The second-order valence-corrected chi connectivity index (χ2v) is 8.25. The topological polar surface area (TPSA) is 18.5 Å². The molecular weight excluding hydrogens is 403 g/mol. The van der Waals surface area contributed by atoms with Gasteiger partial charge in [0.05, 0.1) is 0 Å². The van der Waals surface area contributed by atoms with Crippen molar-refractivity contribution in [1.29, 1.82) is 0 Å². The molecule has 4 aromatic rings. The second-order valence-electron chi connectivity index (χ2n) is 8.25. The molecule has 0 radical (unpaired) electrons. The first-order valence-corrected chi connectivity index (χ1v) is 11.0. The minimum atomic E-state index is -0.00221. The van der Waals surface area contributed by atoms with Crippen LogP contribution in [-0.2, 0) is 0 Å². The highest BCUT2D eigenvalue weighted by Crippen LogP contribution is 2.41. The summed E-state index contributed by atoms with van der Waals surface area (Å²) in [6, 6.07) is 31.3. The van der Waals surface area contributed by atoms with Crippen molar-refractivity contribution in [1.82, 2.24) is 0 Å². The van der Waals surface area contributed by atoms with Gasteiger partial charge in [-0.3, -0.25) is 0 Å². The van der Waals surface area contributed by atoms with Crippen molar-refractivity contribution < 1.29 is 9.47 Å². The standard InChI is InChI=1S/C30H21BO2/c1-3-11-25-20(2)32-28-18-22(24-15-8-7-14-23(24)21-12-5-4-6-13-21)19-29-30(28)31(25)26-16-9-10-17-27(26)33-29/h3-19H,1-2H2/b25-11+. The first-order valence-electron chi connectivity index (χ1n) is 11.0. The van der Waals surface area contributed by atoms with Crippen LogP contribution in [0, 0.1) is 0 Å². The average molecular weight is 424 g/mol. The molecule has 2 heterocycles. The summed E-state index contributed by atoms with van der Waals surface area (Å²) in [6.07, 6.45) is 3.78. The molecule has 0 aromatic heterocycles. The fourth-order valence-corrected chi connectivity index (χ4v) is 4.89. The number of hydrogen-bond donors (Lipinski definition) is 0. The molecule has 0 unspecified atom stereocenters. The predicted molar refractivity (Wildman–Crippen MR) is 137 cm³/mol. The van der Waals surface area contributed by atoms with Crippen molar-refractivity contribution in [2.45, 2.75) is 0 Å². The molecule has 33 heavy (non-hydrogen) atoms. The number of allylic oxidation sites excluding steroid dienone is 3. The number of fused-ring (bicyclic) bond motifs is 2. The molecule has 0 atom stereocenters. The minimum Gasteiger partial charge on any atom is -0.459 e. The summed E-state index contributed by atoms with van der Waals surface area (Å²) in [5, 5.41) is 0. The van der Waals surface area contributed by atoms with Crippen LogP contribution in [0.25, 0.3) is 22.3 Å². The molecule has 0 saturated heterocycles. The lowest BCUT2D eigenvalue weighted by Crippen LogP contribution is -2.51. The van der Waals surface area contributed by atoms with E-state index in [4.69, 9.17) is 9.47 Å². The van der Waals surface area contributed by atoms with E-state index in [1.165, 1.54) is 11.1 Å². The lowest BCUT2D eigenvalue weighted by Gasteiger charge is -2.34. The molecule has 3 heteroatoms. The molecule has 2 aliphatic heterocycles. The van der Waals surface area contributed by atoms with Crippen LogP contribution in [0.3, 0.4) is 0 Å². The van der Waals surface area contributed by atoms with Gasteiger partial charge in [0, 0.05) is 5.46 Å². The molecule has 0 spiro atoms. The van der Waals surface area contributed by atoms with Gasteiger partial charge in [-0.1, -0.05) is 98.1 Å². The molecule has 0 fully saturated rings. The highest BCUT2D eigenvalue weighted by atomic mass is 16.5. The third-order valence-corrected chi connectivity index (χ3v) is 6.33. The van der Waals surface area contributed by atoms with E-state index in [1.807, 2.05) is 30.3 Å². The second kappa shape index (κ2) is 7.72. The number of hydrogen-bond acceptors (Lipinski definition) is 2. The van der Waals surface area contributed by atoms with Crippen molar-refractivity contribution in [2.75, 3.05) is 0 Å². The summed E-state index contributed by atoms with van der Waals surface area (Å²) in [5.41, 5.74) is 7.67. The van der Waals surface area contributed by atoms with Gasteiger partial charge in [-0.25, -0.2) is 0 Å². The molecule has 0 N–H and O–H groups in total. The first kappa shape index (κ1) is 19.5. The molecule has 0 amide bonds. The van der Waals surface area contributed by atoms with Gasteiger partial charge in [0.2, 0.25) is 0 Å². The summed E-state index contributed by atoms with van der Waals surface area (Å²) < 4.78 is 12.7. The molecule has 4 aromatic carbocycles. The molecular formula is C30H21BO2. The van der Waals surface area contributed by atoms with E-state index in [0.717, 1.165) is 44.8 Å². The Morgan fingerprint density at radius 3 is 2.06 bits per heavy atom. The van der Waals surface area contributed by atoms with Crippen LogP contribution in [0.5, 0.6) is 17.2 Å². The van der Waals surface area contributed by atoms with Crippen LogP contribution in [0.1, 0.15) is 0 Å². The highest BCUT2D eigenvalue weighted by molar-refractivity contribution is 6.94. The Morgan fingerprint density at radius 2 is 1.30 bits per heavy atom. The quantitative estimate of drug-likeness (QED) is 0.360. The van der Waals surface area contributed by atoms with E-state index < -0.39 is 0 Å². The SMILES string of the molecule is C=C/C=C1/B2c3ccccc3Oc3cc(-c4ccccc4-c4ccccc4)cc(c32)OC1=C. The van der Waals surface area contributed by atoms with Crippen LogP contribution in [-0.4, -0.2) is 6.71 Å². The average Bonchev–Trinajstić information content (AvgIpc) is 2.86. The Balaban J connectivity index is 1.59. The van der Waals surface area contributed by atoms with Crippen molar-refractivity contribution in [3.63, 3.8) is 0 Å². The van der Waals surface area contributed by atoms with Crippen LogP contribution in [0.15, 0.2) is 128 Å². The number of ether oxygens (including phenoxy) is 2. The van der Waals surface area contributed by atoms with Gasteiger partial charge in [-0.15, -0.1) is 0 Å². The van der Waals surface area contributed by atoms with Gasteiger partial charge >= 0.3 is 0 Å². The molecule has 2 nitrogen and oxygen atoms in total. The van der Waals surface area contributed by atoms with Crippen LogP contribution in [0.4, 0.5) is 0 Å². The fraction of sp³-hybridized carbons (Fsp3) is 0. The van der Waals surface area contributed by atoms with Crippen molar-refractivity contribution in [3.05, 3.63) is 128 Å². The van der Waals surface area contributed by atoms with E-state index in [2.05, 4.69) is 79.9 Å². The third-order valence-electron chi connectivity index (χ3n) is 6.33. The van der Waals surface area contributed by atoms with Crippen LogP contribution in [0.2, 0.25) is 0 Å². The van der Waals surface area contributed by atoms with E-state index in [0.29, 0.717) is 5.76 Å². The summed E-state index contributed by atoms with van der Waals surface area (Å²) in [6.45, 7) is 8.12. The summed E-state index contributed by atoms with van der Waals surface area (Å²) in [5.74, 6) is 3.11. The maximum Gasteiger partial charge on any atom is 0.260 e. The van der Waals surface area contributed by atoms with Gasteiger partial charge < -0.3 is 9.47 Å². The number of benzene rings is 4. The predicted octanol–water partition coefficient (Wildman–Crippen LogP) is 6.29. The Morgan fingerprint density at radius 1 is 0.667 bits per heavy atom. The van der Waals surface area contributed by atoms with Crippen molar-refractivity contribution in [2.24, 2.45) is 0 Å². The normalized spacial score (nSPS) is 14.7. The number of rotatable bonds is 3. The Kier molecular flexibility index (Phi) is 4.55. The van der Waals surface area contributed by atoms with Gasteiger partial charge in [0.25, 0.3) is 6.71 Å². The molecule has 2 aliphatic rings. The third kappa shape index (κ3) is 3.13. The monoisotopic (exact) mass is 424 g/mol. The van der Waals surface area contributed by atoms with E-state index >= 15 is 0 Å². The molecule has 0 bridgehead atoms. The zero-order valence-corrected chi connectivity index (χ0v) is 18.1. The minimum absolute atomic E-state index is 0.00221. The highest BCUT2D eigenvalue weighted by Gasteiger charge is 2.41. The fourth-order valence-electron chi connectivity index (χ4n) is 4.89. The Labute approximate surface area is 194 Å². The Bertz CT molecular complexity index is 1450. The summed E-state index contributed by atoms with van der Waals surface area (Å²) in [4.78, 5) is 0. The Hall–Kier alpha value is -4.24. The maximum absolute atomic E-state index is 6.43. The van der Waals surface area contributed by atoms with Gasteiger partial charge in [0.1, 0.15) is 23.0 Å². The molecule has 0 aliphatic carbocycles. The smallest absolute Gasteiger partial charge is 0.260 e. The van der Waals surface area contributed by atoms with E-state index in [-0.39, 0.29) is 6.71 Å². The zero-order chi connectivity index (χ0) is 22.4. The summed E-state index contributed by atoms with van der Waals surface area (Å²) >= 11 is 0. The lowest BCUT2D eigenvalue weighted by atomic mass is 9.34. The van der Waals surface area contributed by atoms with Gasteiger partial charge in [-0.05, 0) is 51.4 Å². The van der Waals surface area contributed by atoms with Crippen LogP contribution >= 0.6 is 0 Å². The molecule has 6 rings (SSSR count). The van der Waals surface area contributed by atoms with Gasteiger partial charge in [0.15, 0.2) is 0 Å². The number of para-hydroxylation sites is 1. The van der Waals surface area contributed by atoms with Gasteiger partial charge in [-0.2, -0.15) is 0 Å². The first-order chi connectivity index (χ1) is 16.2. The van der Waals surface area contributed by atoms with Crippen molar-refractivity contribution >= 4 is 17.6 Å². The van der Waals surface area contributed by atoms with E-state index in [9.17, 15) is 0 Å². The lowest BCUT2D eigenvalue weighted by molar-refractivity contribution is 0.433. The van der Waals surface area contributed by atoms with E-state index in [1.54, 1.807) is 6.08 Å². The van der Waals surface area contributed by atoms with Crippen molar-refractivity contribution in [3.8, 4) is 39.5 Å². The van der Waals surface area contributed by atoms with Crippen LogP contribution < -0.4 is 20.4 Å².